The Labute approximate surface area is 114 Å². The van der Waals surface area contributed by atoms with Gasteiger partial charge < -0.3 is 4.18 Å². The molecule has 0 spiro atoms. The zero-order valence-corrected chi connectivity index (χ0v) is 10.8. The van der Waals surface area contributed by atoms with Crippen LogP contribution in [0.25, 0.3) is 5.65 Å². The third-order valence-corrected chi connectivity index (χ3v) is 3.26. The van der Waals surface area contributed by atoms with Gasteiger partial charge in [0.2, 0.25) is 5.88 Å². The van der Waals surface area contributed by atoms with E-state index >= 15 is 0 Å². The van der Waals surface area contributed by atoms with Crippen molar-refractivity contribution in [2.45, 2.75) is 5.51 Å². The summed E-state index contributed by atoms with van der Waals surface area (Å²) in [6.07, 6.45) is 1.17. The van der Waals surface area contributed by atoms with E-state index in [-0.39, 0.29) is 10.7 Å². The van der Waals surface area contributed by atoms with Gasteiger partial charge >= 0.3 is 15.6 Å². The average molecular weight is 329 g/mol. The summed E-state index contributed by atoms with van der Waals surface area (Å²) < 4.78 is 62.7. The van der Waals surface area contributed by atoms with Crippen molar-refractivity contribution < 1.29 is 25.8 Å². The number of pyridine rings is 1. The molecule has 0 radical (unpaired) electrons. The maximum Gasteiger partial charge on any atom is 0.534 e. The van der Waals surface area contributed by atoms with E-state index in [9.17, 15) is 26.4 Å². The molecule has 0 aliphatic rings. The predicted octanol–water partition coefficient (Wildman–Crippen LogP) is 1.58. The Hall–Kier alpha value is -1.81. The first-order valence-electron chi connectivity index (χ1n) is 4.80. The second-order valence-electron chi connectivity index (χ2n) is 3.49. The maximum absolute atomic E-state index is 12.1. The molecular formula is C9H4ClF3N2O4S. The zero-order chi connectivity index (χ0) is 15.1. The van der Waals surface area contributed by atoms with Gasteiger partial charge in [-0.2, -0.15) is 26.6 Å². The lowest BCUT2D eigenvalue weighted by Crippen LogP contribution is -2.29. The fourth-order valence-electron chi connectivity index (χ4n) is 1.26. The van der Waals surface area contributed by atoms with Gasteiger partial charge in [0.15, 0.2) is 0 Å². The van der Waals surface area contributed by atoms with Gasteiger partial charge in [-0.15, -0.1) is 0 Å². The van der Waals surface area contributed by atoms with Crippen molar-refractivity contribution in [1.29, 1.82) is 0 Å². The van der Waals surface area contributed by atoms with Crippen LogP contribution in [0.3, 0.4) is 0 Å². The van der Waals surface area contributed by atoms with E-state index in [0.29, 0.717) is 6.07 Å². The highest BCUT2D eigenvalue weighted by Crippen LogP contribution is 2.25. The zero-order valence-electron chi connectivity index (χ0n) is 9.26. The molecule has 0 aliphatic carbocycles. The third kappa shape index (κ3) is 2.70. The summed E-state index contributed by atoms with van der Waals surface area (Å²) in [4.78, 5) is 15.1. The SMILES string of the molecule is O=c1cc(OS(=O)(=O)C(F)(F)F)nc2ccc(Cl)cn12. The van der Waals surface area contributed by atoms with Crippen LogP contribution >= 0.6 is 11.6 Å². The molecule has 11 heteroatoms. The normalized spacial score (nSPS) is 12.6. The molecular weight excluding hydrogens is 325 g/mol. The van der Waals surface area contributed by atoms with Crippen LogP contribution in [-0.2, 0) is 10.1 Å². The molecule has 2 aromatic heterocycles. The minimum atomic E-state index is -5.88. The summed E-state index contributed by atoms with van der Waals surface area (Å²) in [5.41, 5.74) is -6.57. The average Bonchev–Trinajstić information content (AvgIpc) is 2.28. The van der Waals surface area contributed by atoms with Gasteiger partial charge in [0.25, 0.3) is 5.56 Å². The molecule has 0 amide bonds. The Balaban J connectivity index is 2.54. The summed E-state index contributed by atoms with van der Waals surface area (Å²) >= 11 is 5.63. The molecule has 2 rings (SSSR count). The van der Waals surface area contributed by atoms with Gasteiger partial charge in [0, 0.05) is 6.20 Å². The Morgan fingerprint density at radius 3 is 2.55 bits per heavy atom. The molecule has 0 aromatic carbocycles. The van der Waals surface area contributed by atoms with E-state index < -0.39 is 27.1 Å². The van der Waals surface area contributed by atoms with Crippen LogP contribution in [-0.4, -0.2) is 23.3 Å². The van der Waals surface area contributed by atoms with Crippen LogP contribution in [0.5, 0.6) is 5.88 Å². The molecule has 0 bridgehead atoms. The van der Waals surface area contributed by atoms with Crippen LogP contribution in [0.4, 0.5) is 13.2 Å². The van der Waals surface area contributed by atoms with E-state index in [1.165, 1.54) is 18.3 Å². The first-order chi connectivity index (χ1) is 9.10. The van der Waals surface area contributed by atoms with Crippen molar-refractivity contribution in [2.75, 3.05) is 0 Å². The van der Waals surface area contributed by atoms with Crippen LogP contribution in [0.1, 0.15) is 0 Å². The number of nitrogens with zero attached hydrogens (tertiary/aromatic N) is 2. The Morgan fingerprint density at radius 1 is 1.30 bits per heavy atom. The van der Waals surface area contributed by atoms with E-state index in [0.717, 1.165) is 4.40 Å². The number of halogens is 4. The van der Waals surface area contributed by atoms with Crippen LogP contribution in [0.2, 0.25) is 5.02 Å². The standard InChI is InChI=1S/C9H4ClF3N2O4S/c10-5-1-2-6-14-7(3-8(16)15(6)4-5)19-20(17,18)9(11,12)13/h1-4H. The number of rotatable bonds is 2. The lowest BCUT2D eigenvalue weighted by molar-refractivity contribution is -0.0501. The molecule has 0 aliphatic heterocycles. The molecule has 2 aromatic rings. The smallest absolute Gasteiger partial charge is 0.355 e. The van der Waals surface area contributed by atoms with Gasteiger partial charge in [0.05, 0.1) is 11.1 Å². The van der Waals surface area contributed by atoms with E-state index in [1.807, 2.05) is 0 Å². The van der Waals surface area contributed by atoms with Crippen molar-refractivity contribution in [3.63, 3.8) is 0 Å². The highest BCUT2D eigenvalue weighted by atomic mass is 35.5. The van der Waals surface area contributed by atoms with Crippen LogP contribution < -0.4 is 9.74 Å². The Morgan fingerprint density at radius 2 is 1.95 bits per heavy atom. The van der Waals surface area contributed by atoms with Gasteiger partial charge in [-0.05, 0) is 12.1 Å². The number of fused-ring (bicyclic) bond motifs is 1. The lowest BCUT2D eigenvalue weighted by Gasteiger charge is -2.09. The van der Waals surface area contributed by atoms with Crippen molar-refractivity contribution in [3.8, 4) is 5.88 Å². The van der Waals surface area contributed by atoms with Gasteiger partial charge in [-0.1, -0.05) is 11.6 Å². The first-order valence-corrected chi connectivity index (χ1v) is 6.58. The summed E-state index contributed by atoms with van der Waals surface area (Å²) in [5, 5.41) is 0.193. The number of hydrogen-bond acceptors (Lipinski definition) is 5. The van der Waals surface area contributed by atoms with Crippen LogP contribution in [0.15, 0.2) is 29.2 Å². The van der Waals surface area contributed by atoms with E-state index in [2.05, 4.69) is 9.17 Å². The summed E-state index contributed by atoms with van der Waals surface area (Å²) in [6.45, 7) is 0. The fraction of sp³-hybridized carbons (Fsp3) is 0.111. The quantitative estimate of drug-likeness (QED) is 0.618. The molecule has 0 unspecified atom stereocenters. The first kappa shape index (κ1) is 14.6. The summed E-state index contributed by atoms with van der Waals surface area (Å²) in [5.74, 6) is -0.977. The lowest BCUT2D eigenvalue weighted by atomic mass is 10.4. The van der Waals surface area contributed by atoms with E-state index in [4.69, 9.17) is 11.6 Å². The predicted molar refractivity (Wildman–Crippen MR) is 62.1 cm³/mol. The van der Waals surface area contributed by atoms with Gasteiger partial charge in [-0.3, -0.25) is 9.20 Å². The molecule has 0 fully saturated rings. The molecule has 0 saturated carbocycles. The Bertz CT molecular complexity index is 831. The molecule has 0 N–H and O–H groups in total. The molecule has 6 nitrogen and oxygen atoms in total. The van der Waals surface area contributed by atoms with Crippen LogP contribution in [0, 0.1) is 0 Å². The van der Waals surface area contributed by atoms with Crippen molar-refractivity contribution >= 4 is 27.4 Å². The van der Waals surface area contributed by atoms with Gasteiger partial charge in [-0.25, -0.2) is 0 Å². The minimum absolute atomic E-state index is 0.116. The highest BCUT2D eigenvalue weighted by molar-refractivity contribution is 7.87. The monoisotopic (exact) mass is 328 g/mol. The second kappa shape index (κ2) is 4.63. The van der Waals surface area contributed by atoms with Gasteiger partial charge in [0.1, 0.15) is 5.65 Å². The van der Waals surface area contributed by atoms with Crippen molar-refractivity contribution in [2.24, 2.45) is 0 Å². The Kier molecular flexibility index (Phi) is 3.38. The number of aromatic nitrogens is 2. The largest absolute Gasteiger partial charge is 0.534 e. The highest BCUT2D eigenvalue weighted by Gasteiger charge is 2.48. The number of hydrogen-bond donors (Lipinski definition) is 0. The van der Waals surface area contributed by atoms with Crippen molar-refractivity contribution in [3.05, 3.63) is 39.8 Å². The maximum atomic E-state index is 12.1. The number of alkyl halides is 3. The summed E-state index contributed by atoms with van der Waals surface area (Å²) in [6, 6.07) is 3.05. The third-order valence-electron chi connectivity index (χ3n) is 2.08. The topological polar surface area (TPSA) is 77.7 Å². The molecule has 108 valence electrons. The van der Waals surface area contributed by atoms with Crippen molar-refractivity contribution in [1.82, 2.24) is 9.38 Å². The minimum Gasteiger partial charge on any atom is -0.355 e. The summed E-state index contributed by atoms with van der Waals surface area (Å²) in [7, 11) is -5.88. The van der Waals surface area contributed by atoms with E-state index in [1.54, 1.807) is 0 Å². The molecule has 0 atom stereocenters. The molecule has 20 heavy (non-hydrogen) atoms. The molecule has 0 saturated heterocycles. The molecule has 2 heterocycles. The fourth-order valence-corrected chi connectivity index (χ4v) is 1.82. The second-order valence-corrected chi connectivity index (χ2v) is 5.47.